The number of nitrogens with two attached hydrogens (primary N) is 2. The van der Waals surface area contributed by atoms with Gasteiger partial charge in [-0.05, 0) is 93.7 Å². The maximum atomic E-state index is 14.0. The van der Waals surface area contributed by atoms with Crippen molar-refractivity contribution in [3.8, 4) is 34.5 Å². The number of Topliss-reactive ketones (excluding diaryl/α,β-unsaturated/α-hetero) is 1. The van der Waals surface area contributed by atoms with Crippen molar-refractivity contribution in [3.63, 3.8) is 0 Å². The summed E-state index contributed by atoms with van der Waals surface area (Å²) in [6.07, 6.45) is 3.82. The Balaban J connectivity index is 1.09. The molecule has 1 saturated heterocycles. The van der Waals surface area contributed by atoms with E-state index in [9.17, 15) is 34.2 Å². The van der Waals surface area contributed by atoms with E-state index in [1.807, 2.05) is 33.8 Å². The molecule has 7 atom stereocenters. The predicted molar refractivity (Wildman–Crippen MR) is 244 cm³/mol. The molecule has 3 heterocycles. The SMILES string of the molecule is CC[C@H](C)[C@H](N)C(=O)CCC1C[C@@H](C(=O)Oc2ccc3c(c2)OP(=S)(NC/C(C)=C/Cc2c(O)c4c(c(C)c2OC)COC4=O)O3)N(C(=O)[C@H](C)NC(=O)[C@H](N)Cc2ccc(O)cc2)C1. The van der Waals surface area contributed by atoms with Gasteiger partial charge < -0.3 is 55.2 Å². The standard InChI is InChI=1S/C46H58N5O12PS/c1-7-25(3)40(48)36(53)16-11-29-19-35(51(22-29)44(56)27(5)50-43(55)34(47)18-28-9-12-30(52)13-10-28)45(57)61-31-14-17-37-38(20-31)63-64(65,62-37)49-21-24(2)8-15-32-41(54)39-33(23-60-46(39)58)26(4)42(32)59-6/h8-10,12-14,17,20,25,27,29,34-35,40,52,54H,7,11,15-16,18-19,21-23,47-48H2,1-6H3,(H,49,65)(H,50,55)/b24-8+/t25-,27-,29?,34+,35-,40-,64?/m0/s1. The van der Waals surface area contributed by atoms with Gasteiger partial charge in [-0.25, -0.2) is 14.7 Å². The third-order valence-corrected chi connectivity index (χ3v) is 14.5. The summed E-state index contributed by atoms with van der Waals surface area (Å²) >= 11 is 5.76. The van der Waals surface area contributed by atoms with Crippen LogP contribution in [0.5, 0.6) is 34.5 Å². The number of ketones is 1. The maximum Gasteiger partial charge on any atom is 0.365 e. The fourth-order valence-corrected chi connectivity index (χ4v) is 10.2. The minimum absolute atomic E-state index is 0.00524. The Morgan fingerprint density at radius 1 is 1.08 bits per heavy atom. The lowest BCUT2D eigenvalue weighted by atomic mass is 9.91. The van der Waals surface area contributed by atoms with Gasteiger partial charge in [0.25, 0.3) is 0 Å². The second kappa shape index (κ2) is 20.8. The summed E-state index contributed by atoms with van der Waals surface area (Å²) in [5.41, 5.74) is 15.9. The zero-order chi connectivity index (χ0) is 47.3. The van der Waals surface area contributed by atoms with E-state index in [-0.39, 0.29) is 91.6 Å². The van der Waals surface area contributed by atoms with Crippen molar-refractivity contribution >= 4 is 48.0 Å². The molecule has 8 N–H and O–H groups in total. The molecule has 3 aliphatic heterocycles. The van der Waals surface area contributed by atoms with Gasteiger partial charge in [-0.3, -0.25) is 14.4 Å². The van der Waals surface area contributed by atoms with Crippen LogP contribution in [0.3, 0.4) is 0 Å². The maximum absolute atomic E-state index is 14.0. The Labute approximate surface area is 383 Å². The van der Waals surface area contributed by atoms with Gasteiger partial charge in [-0.15, -0.1) is 0 Å². The monoisotopic (exact) mass is 935 g/mol. The third kappa shape index (κ3) is 11.3. The topological polar surface area (TPSA) is 251 Å². The number of phenols is 2. The number of hydrogen-bond donors (Lipinski definition) is 6. The van der Waals surface area contributed by atoms with E-state index in [0.29, 0.717) is 29.0 Å². The second-order valence-corrected chi connectivity index (χ2v) is 20.1. The molecule has 0 bridgehead atoms. The number of carbonyl (C=O) groups excluding carboxylic acids is 5. The van der Waals surface area contributed by atoms with Gasteiger partial charge in [-0.2, -0.15) is 0 Å². The second-order valence-electron chi connectivity index (χ2n) is 16.9. The number of fused-ring (bicyclic) bond motifs is 2. The first-order valence-electron chi connectivity index (χ1n) is 21.6. The number of hydrogen-bond acceptors (Lipinski definition) is 15. The molecule has 2 unspecified atom stereocenters. The number of nitrogens with zero attached hydrogens (tertiary/aromatic N) is 1. The number of nitrogens with one attached hydrogen (secondary N) is 2. The summed E-state index contributed by atoms with van der Waals surface area (Å²) in [7, 11) is 1.50. The summed E-state index contributed by atoms with van der Waals surface area (Å²) in [5.74, 6) is -1.63. The van der Waals surface area contributed by atoms with E-state index < -0.39 is 54.6 Å². The van der Waals surface area contributed by atoms with Crippen LogP contribution in [0.1, 0.15) is 86.0 Å². The quantitative estimate of drug-likeness (QED) is 0.0410. The fraction of sp³-hybridized carbons (Fsp3) is 0.457. The van der Waals surface area contributed by atoms with E-state index in [2.05, 4.69) is 10.4 Å². The lowest BCUT2D eigenvalue weighted by Gasteiger charge is -2.27. The van der Waals surface area contributed by atoms with Crippen LogP contribution < -0.4 is 40.4 Å². The van der Waals surface area contributed by atoms with Gasteiger partial charge in [0.05, 0.1) is 19.2 Å². The van der Waals surface area contributed by atoms with Crippen LogP contribution in [0.25, 0.3) is 0 Å². The molecular weight excluding hydrogens is 878 g/mol. The van der Waals surface area contributed by atoms with Crippen molar-refractivity contribution in [3.05, 3.63) is 81.9 Å². The lowest BCUT2D eigenvalue weighted by molar-refractivity contribution is -0.147. The van der Waals surface area contributed by atoms with Crippen molar-refractivity contribution in [2.45, 2.75) is 104 Å². The van der Waals surface area contributed by atoms with E-state index in [4.69, 9.17) is 46.5 Å². The number of aromatic hydroxyl groups is 2. The molecule has 19 heteroatoms. The molecule has 6 rings (SSSR count). The third-order valence-electron chi connectivity index (χ3n) is 12.3. The Morgan fingerprint density at radius 3 is 2.48 bits per heavy atom. The normalized spacial score (nSPS) is 20.6. The predicted octanol–water partition coefficient (Wildman–Crippen LogP) is 4.78. The highest BCUT2D eigenvalue weighted by Crippen LogP contribution is 2.56. The summed E-state index contributed by atoms with van der Waals surface area (Å²) < 4.78 is 28.7. The van der Waals surface area contributed by atoms with E-state index >= 15 is 0 Å². The summed E-state index contributed by atoms with van der Waals surface area (Å²) in [4.78, 5) is 67.8. The van der Waals surface area contributed by atoms with Gasteiger partial charge in [-0.1, -0.05) is 44.1 Å². The first kappa shape index (κ1) is 48.9. The molecule has 350 valence electrons. The first-order chi connectivity index (χ1) is 30.8. The van der Waals surface area contributed by atoms with Crippen LogP contribution in [-0.2, 0) is 55.2 Å². The number of methoxy groups -OCH3 is 1. The Hall–Kier alpha value is -5.52. The van der Waals surface area contributed by atoms with Crippen LogP contribution in [0.4, 0.5) is 0 Å². The fourth-order valence-electron chi connectivity index (χ4n) is 8.12. The van der Waals surface area contributed by atoms with Gasteiger partial charge in [0, 0.05) is 48.5 Å². The lowest BCUT2D eigenvalue weighted by Crippen LogP contribution is -2.54. The van der Waals surface area contributed by atoms with Crippen molar-refractivity contribution in [1.82, 2.24) is 15.3 Å². The number of benzene rings is 3. The molecule has 0 spiro atoms. The van der Waals surface area contributed by atoms with Gasteiger partial charge >= 0.3 is 18.6 Å². The van der Waals surface area contributed by atoms with Gasteiger partial charge in [0.1, 0.15) is 53.0 Å². The molecule has 3 aromatic rings. The average molecular weight is 936 g/mol. The van der Waals surface area contributed by atoms with Gasteiger partial charge in [0.2, 0.25) is 11.8 Å². The van der Waals surface area contributed by atoms with E-state index in [0.717, 1.165) is 23.1 Å². The van der Waals surface area contributed by atoms with Crippen LogP contribution in [-0.4, -0.2) is 89.0 Å². The number of likely N-dealkylation sites (tertiary alicyclic amines) is 1. The van der Waals surface area contributed by atoms with Crippen LogP contribution in [0.15, 0.2) is 54.1 Å². The van der Waals surface area contributed by atoms with Crippen LogP contribution in [0.2, 0.25) is 0 Å². The van der Waals surface area contributed by atoms with E-state index in [1.54, 1.807) is 18.2 Å². The molecule has 3 aromatic carbocycles. The molecule has 0 saturated carbocycles. The van der Waals surface area contributed by atoms with Crippen LogP contribution in [0, 0.1) is 18.8 Å². The first-order valence-corrected chi connectivity index (χ1v) is 24.2. The van der Waals surface area contributed by atoms with Crippen molar-refractivity contribution in [2.75, 3.05) is 20.2 Å². The van der Waals surface area contributed by atoms with Crippen molar-refractivity contribution < 1.29 is 57.4 Å². The number of rotatable bonds is 19. The minimum atomic E-state index is -3.12. The summed E-state index contributed by atoms with van der Waals surface area (Å²) in [5, 5.41) is 26.4. The Bertz CT molecular complexity index is 2410. The number of allylic oxidation sites excluding steroid dienone is 1. The zero-order valence-corrected chi connectivity index (χ0v) is 39.1. The number of carbonyl (C=O) groups is 5. The zero-order valence-electron chi connectivity index (χ0n) is 37.4. The highest BCUT2D eigenvalue weighted by Gasteiger charge is 2.43. The van der Waals surface area contributed by atoms with E-state index in [1.165, 1.54) is 43.2 Å². The number of esters is 2. The summed E-state index contributed by atoms with van der Waals surface area (Å²) in [6.45, 7) is 6.43. The molecule has 0 aliphatic carbocycles. The van der Waals surface area contributed by atoms with Crippen LogP contribution >= 0.6 is 6.64 Å². The molecule has 2 amide bonds. The Morgan fingerprint density at radius 2 is 1.78 bits per heavy atom. The molecule has 0 radical (unpaired) electrons. The highest BCUT2D eigenvalue weighted by molar-refractivity contribution is 8.09. The van der Waals surface area contributed by atoms with Crippen molar-refractivity contribution in [1.29, 1.82) is 0 Å². The van der Waals surface area contributed by atoms with Gasteiger partial charge in [0.15, 0.2) is 11.5 Å². The average Bonchev–Trinajstić information content (AvgIpc) is 3.99. The number of phenolic OH excluding ortho intramolecular Hbond substituents is 2. The van der Waals surface area contributed by atoms with Crippen molar-refractivity contribution in [2.24, 2.45) is 23.3 Å². The largest absolute Gasteiger partial charge is 0.508 e. The molecular formula is C46H58N5O12PS. The summed E-state index contributed by atoms with van der Waals surface area (Å²) in [6, 6.07) is 7.15. The number of amides is 2. The molecule has 65 heavy (non-hydrogen) atoms. The smallest absolute Gasteiger partial charge is 0.365 e. The number of cyclic esters (lactones) is 1. The minimum Gasteiger partial charge on any atom is -0.508 e. The molecule has 3 aliphatic rings. The molecule has 0 aromatic heterocycles. The Kier molecular flexibility index (Phi) is 15.6. The molecule has 17 nitrogen and oxygen atoms in total. The number of ether oxygens (including phenoxy) is 3. The highest BCUT2D eigenvalue weighted by atomic mass is 32.5. The molecule has 1 fully saturated rings.